The van der Waals surface area contributed by atoms with Gasteiger partial charge in [-0.15, -0.1) is 0 Å². The molecule has 0 saturated carbocycles. The van der Waals surface area contributed by atoms with E-state index in [1.807, 2.05) is 44.2 Å². The van der Waals surface area contributed by atoms with E-state index in [0.29, 0.717) is 0 Å². The van der Waals surface area contributed by atoms with Crippen molar-refractivity contribution in [1.82, 2.24) is 9.80 Å². The summed E-state index contributed by atoms with van der Waals surface area (Å²) in [5, 5.41) is 0. The molecule has 1 saturated heterocycles. The van der Waals surface area contributed by atoms with E-state index in [9.17, 15) is 14.4 Å². The molecule has 0 spiro atoms. The number of benzene rings is 1. The van der Waals surface area contributed by atoms with E-state index < -0.39 is 24.1 Å². The molecule has 8 heteroatoms. The van der Waals surface area contributed by atoms with Crippen LogP contribution in [0.3, 0.4) is 0 Å². The molecule has 0 aliphatic carbocycles. The highest BCUT2D eigenvalue weighted by Crippen LogP contribution is 2.16. The van der Waals surface area contributed by atoms with Gasteiger partial charge in [-0.1, -0.05) is 44.2 Å². The van der Waals surface area contributed by atoms with Gasteiger partial charge in [-0.05, 0) is 11.5 Å². The van der Waals surface area contributed by atoms with Gasteiger partial charge < -0.3 is 20.1 Å². The minimum absolute atomic E-state index is 0.0251. The third-order valence-corrected chi connectivity index (χ3v) is 4.61. The van der Waals surface area contributed by atoms with E-state index >= 15 is 0 Å². The monoisotopic (exact) mass is 377 g/mol. The van der Waals surface area contributed by atoms with Crippen LogP contribution in [0.2, 0.25) is 0 Å². The van der Waals surface area contributed by atoms with E-state index in [1.54, 1.807) is 0 Å². The summed E-state index contributed by atoms with van der Waals surface area (Å²) in [6, 6.07) is 7.68. The zero-order valence-corrected chi connectivity index (χ0v) is 16.0. The molecule has 1 aromatic rings. The number of nitrogens with two attached hydrogens (primary N) is 1. The molecule has 1 aromatic carbocycles. The van der Waals surface area contributed by atoms with Crippen LogP contribution in [0.15, 0.2) is 30.3 Å². The number of carbonyl (C=O) groups excluding carboxylic acids is 3. The maximum atomic E-state index is 12.5. The number of amides is 2. The van der Waals surface area contributed by atoms with Gasteiger partial charge in [0.05, 0.1) is 19.7 Å². The molecular weight excluding hydrogens is 350 g/mol. The first kappa shape index (κ1) is 20.7. The maximum Gasteiger partial charge on any atom is 0.410 e. The van der Waals surface area contributed by atoms with Crippen LogP contribution in [0.4, 0.5) is 4.79 Å². The summed E-state index contributed by atoms with van der Waals surface area (Å²) >= 11 is 0. The quantitative estimate of drug-likeness (QED) is 0.768. The molecule has 1 aliphatic rings. The van der Waals surface area contributed by atoms with Crippen molar-refractivity contribution >= 4 is 18.0 Å². The number of methoxy groups -OCH3 is 1. The molecule has 1 fully saturated rings. The van der Waals surface area contributed by atoms with Gasteiger partial charge in [0.15, 0.2) is 6.04 Å². The number of esters is 1. The normalized spacial score (nSPS) is 18.2. The first-order chi connectivity index (χ1) is 12.8. The van der Waals surface area contributed by atoms with E-state index in [4.69, 9.17) is 15.2 Å². The number of rotatable bonds is 5. The second-order valence-corrected chi connectivity index (χ2v) is 6.83. The Bertz CT molecular complexity index is 665. The average Bonchev–Trinajstić information content (AvgIpc) is 2.70. The van der Waals surface area contributed by atoms with Crippen LogP contribution in [0.1, 0.15) is 19.4 Å². The molecule has 0 bridgehead atoms. The zero-order chi connectivity index (χ0) is 20.0. The van der Waals surface area contributed by atoms with Gasteiger partial charge in [0.25, 0.3) is 0 Å². The van der Waals surface area contributed by atoms with Gasteiger partial charge in [-0.2, -0.15) is 0 Å². The Hall–Kier alpha value is -2.61. The molecule has 1 aliphatic heterocycles. The van der Waals surface area contributed by atoms with Crippen molar-refractivity contribution in [2.24, 2.45) is 11.7 Å². The molecule has 8 nitrogen and oxygen atoms in total. The fraction of sp³-hybridized carbons (Fsp3) is 0.526. The highest BCUT2D eigenvalue weighted by atomic mass is 16.6. The second kappa shape index (κ2) is 9.36. The number of piperazine rings is 1. The molecule has 1 heterocycles. The molecule has 2 rings (SSSR count). The molecule has 0 aromatic heterocycles. The standard InChI is InChI=1S/C19H27N3O5/c1-13(2)16(20)17(23)21-9-10-22(15(11-21)18(24)26-3)19(25)27-12-14-7-5-4-6-8-14/h4-8,13,15-16H,9-12,20H2,1-3H3/t15-,16-/m0/s1. The van der Waals surface area contributed by atoms with E-state index in [1.165, 1.54) is 16.9 Å². The summed E-state index contributed by atoms with van der Waals surface area (Å²) in [5.74, 6) is -0.860. The Kier molecular flexibility index (Phi) is 7.18. The van der Waals surface area contributed by atoms with Crippen molar-refractivity contribution in [2.75, 3.05) is 26.7 Å². The Morgan fingerprint density at radius 2 is 1.85 bits per heavy atom. The van der Waals surface area contributed by atoms with Gasteiger partial charge >= 0.3 is 12.1 Å². The van der Waals surface area contributed by atoms with Crippen molar-refractivity contribution in [3.05, 3.63) is 35.9 Å². The Morgan fingerprint density at radius 3 is 2.44 bits per heavy atom. The summed E-state index contributed by atoms with van der Waals surface area (Å²) in [6.07, 6.45) is -0.616. The maximum absolute atomic E-state index is 12.5. The lowest BCUT2D eigenvalue weighted by Crippen LogP contribution is -2.62. The number of ether oxygens (including phenoxy) is 2. The van der Waals surface area contributed by atoms with Crippen LogP contribution in [0.25, 0.3) is 0 Å². The molecular formula is C19H27N3O5. The van der Waals surface area contributed by atoms with Gasteiger partial charge in [-0.25, -0.2) is 9.59 Å². The predicted molar refractivity (Wildman–Crippen MR) is 98.5 cm³/mol. The van der Waals surface area contributed by atoms with Crippen LogP contribution in [0.5, 0.6) is 0 Å². The van der Waals surface area contributed by atoms with Crippen LogP contribution in [-0.4, -0.2) is 66.6 Å². The van der Waals surface area contributed by atoms with Crippen molar-refractivity contribution in [2.45, 2.75) is 32.5 Å². The predicted octanol–water partition coefficient (Wildman–Crippen LogP) is 0.992. The summed E-state index contributed by atoms with van der Waals surface area (Å²) in [7, 11) is 1.25. The van der Waals surface area contributed by atoms with E-state index in [-0.39, 0.29) is 38.1 Å². The first-order valence-corrected chi connectivity index (χ1v) is 8.94. The number of hydrogen-bond donors (Lipinski definition) is 1. The van der Waals surface area contributed by atoms with Crippen LogP contribution < -0.4 is 5.73 Å². The minimum Gasteiger partial charge on any atom is -0.467 e. The SMILES string of the molecule is COC(=O)[C@@H]1CN(C(=O)[C@@H](N)C(C)C)CCN1C(=O)OCc1ccccc1. The summed E-state index contributed by atoms with van der Waals surface area (Å²) in [6.45, 7) is 4.31. The lowest BCUT2D eigenvalue weighted by molar-refractivity contribution is -0.151. The topological polar surface area (TPSA) is 102 Å². The first-order valence-electron chi connectivity index (χ1n) is 8.94. The Labute approximate surface area is 159 Å². The smallest absolute Gasteiger partial charge is 0.410 e. The van der Waals surface area contributed by atoms with Crippen LogP contribution in [0, 0.1) is 5.92 Å². The lowest BCUT2D eigenvalue weighted by atomic mass is 10.0. The number of nitrogens with zero attached hydrogens (tertiary/aromatic N) is 2. The number of hydrogen-bond acceptors (Lipinski definition) is 6. The Morgan fingerprint density at radius 1 is 1.19 bits per heavy atom. The van der Waals surface area contributed by atoms with Crippen molar-refractivity contribution < 1.29 is 23.9 Å². The largest absolute Gasteiger partial charge is 0.467 e. The fourth-order valence-corrected chi connectivity index (χ4v) is 2.84. The van der Waals surface area contributed by atoms with Crippen LogP contribution in [-0.2, 0) is 25.7 Å². The van der Waals surface area contributed by atoms with Gasteiger partial charge in [0.2, 0.25) is 5.91 Å². The lowest BCUT2D eigenvalue weighted by Gasteiger charge is -2.40. The third-order valence-electron chi connectivity index (χ3n) is 4.61. The highest BCUT2D eigenvalue weighted by Gasteiger charge is 2.39. The average molecular weight is 377 g/mol. The van der Waals surface area contributed by atoms with Gasteiger partial charge in [0.1, 0.15) is 6.61 Å². The molecule has 27 heavy (non-hydrogen) atoms. The summed E-state index contributed by atoms with van der Waals surface area (Å²) in [4.78, 5) is 40.0. The van der Waals surface area contributed by atoms with Crippen LogP contribution >= 0.6 is 0 Å². The second-order valence-electron chi connectivity index (χ2n) is 6.83. The molecule has 148 valence electrons. The van der Waals surface area contributed by atoms with E-state index in [2.05, 4.69) is 0 Å². The fourth-order valence-electron chi connectivity index (χ4n) is 2.84. The molecule has 0 unspecified atom stereocenters. The van der Waals surface area contributed by atoms with Gasteiger partial charge in [0, 0.05) is 13.1 Å². The Balaban J connectivity index is 2.04. The summed E-state index contributed by atoms with van der Waals surface area (Å²) < 4.78 is 10.1. The molecule has 0 radical (unpaired) electrons. The van der Waals surface area contributed by atoms with Crippen molar-refractivity contribution in [1.29, 1.82) is 0 Å². The number of carbonyl (C=O) groups is 3. The zero-order valence-electron chi connectivity index (χ0n) is 16.0. The third kappa shape index (κ3) is 5.19. The van der Waals surface area contributed by atoms with Gasteiger partial charge in [-0.3, -0.25) is 9.69 Å². The van der Waals surface area contributed by atoms with Crippen molar-refractivity contribution in [3.8, 4) is 0 Å². The molecule has 2 N–H and O–H groups in total. The highest BCUT2D eigenvalue weighted by molar-refractivity contribution is 5.86. The van der Waals surface area contributed by atoms with E-state index in [0.717, 1.165) is 5.56 Å². The summed E-state index contributed by atoms with van der Waals surface area (Å²) in [5.41, 5.74) is 6.78. The molecule has 2 atom stereocenters. The van der Waals surface area contributed by atoms with Crippen molar-refractivity contribution in [3.63, 3.8) is 0 Å². The molecule has 2 amide bonds. The minimum atomic E-state index is -0.921.